The van der Waals surface area contributed by atoms with E-state index in [4.69, 9.17) is 7.85 Å². The molecule has 0 spiro atoms. The second-order valence-electron chi connectivity index (χ2n) is 3.35. The van der Waals surface area contributed by atoms with Gasteiger partial charge in [0.05, 0.1) is 0 Å². The molecule has 0 atom stereocenters. The molecular weight excluding hydrogens is 187 g/mol. The van der Waals surface area contributed by atoms with Crippen LogP contribution >= 0.6 is 11.3 Å². The van der Waals surface area contributed by atoms with Crippen molar-refractivity contribution in [2.24, 2.45) is 0 Å². The molecule has 2 aromatic carbocycles. The molecule has 14 heavy (non-hydrogen) atoms. The van der Waals surface area contributed by atoms with Crippen molar-refractivity contribution in [2.45, 2.75) is 0 Å². The number of hydrogen-bond donors (Lipinski definition) is 0. The van der Waals surface area contributed by atoms with Gasteiger partial charge in [0.25, 0.3) is 0 Å². The third-order valence-electron chi connectivity index (χ3n) is 2.40. The quantitative estimate of drug-likeness (QED) is 0.482. The third kappa shape index (κ3) is 1.07. The van der Waals surface area contributed by atoms with Gasteiger partial charge in [0.2, 0.25) is 0 Å². The number of benzene rings is 2. The van der Waals surface area contributed by atoms with E-state index in [1.807, 2.05) is 23.5 Å². The van der Waals surface area contributed by atoms with Crippen LogP contribution in [0.4, 0.5) is 0 Å². The van der Waals surface area contributed by atoms with Gasteiger partial charge in [-0.1, -0.05) is 35.8 Å². The first kappa shape index (κ1) is 8.07. The van der Waals surface area contributed by atoms with Crippen LogP contribution in [-0.4, -0.2) is 7.85 Å². The van der Waals surface area contributed by atoms with Gasteiger partial charge in [0.1, 0.15) is 7.85 Å². The Balaban J connectivity index is 2.58. The van der Waals surface area contributed by atoms with Crippen LogP contribution in [0.5, 0.6) is 0 Å². The summed E-state index contributed by atoms with van der Waals surface area (Å²) >= 11 is 1.81. The van der Waals surface area contributed by atoms with Crippen LogP contribution in [0, 0.1) is 0 Å². The first-order valence-corrected chi connectivity index (χ1v) is 5.33. The summed E-state index contributed by atoms with van der Waals surface area (Å²) in [6.45, 7) is 0. The summed E-state index contributed by atoms with van der Waals surface area (Å²) in [5.74, 6) is 0. The van der Waals surface area contributed by atoms with E-state index in [2.05, 4.69) is 30.3 Å². The topological polar surface area (TPSA) is 0 Å². The summed E-state index contributed by atoms with van der Waals surface area (Å²) in [5.41, 5.74) is 0.834. The van der Waals surface area contributed by atoms with E-state index in [9.17, 15) is 0 Å². The monoisotopic (exact) mass is 194 g/mol. The van der Waals surface area contributed by atoms with Gasteiger partial charge in [-0.15, -0.1) is 11.3 Å². The number of thiophene rings is 1. The molecule has 0 N–H and O–H groups in total. The Morgan fingerprint density at radius 2 is 1.64 bits per heavy atom. The van der Waals surface area contributed by atoms with Crippen molar-refractivity contribution in [3.63, 3.8) is 0 Å². The second kappa shape index (κ2) is 2.86. The highest BCUT2D eigenvalue weighted by Crippen LogP contribution is 2.32. The highest BCUT2D eigenvalue weighted by molar-refractivity contribution is 7.25. The van der Waals surface area contributed by atoms with Gasteiger partial charge in [0, 0.05) is 14.8 Å². The Bertz CT molecular complexity index is 610. The van der Waals surface area contributed by atoms with Gasteiger partial charge in [-0.2, -0.15) is 0 Å². The van der Waals surface area contributed by atoms with Gasteiger partial charge in [-0.25, -0.2) is 0 Å². The van der Waals surface area contributed by atoms with Crippen LogP contribution < -0.4 is 5.46 Å². The zero-order chi connectivity index (χ0) is 9.54. The van der Waals surface area contributed by atoms with Crippen molar-refractivity contribution in [1.82, 2.24) is 0 Å². The molecule has 64 valence electrons. The van der Waals surface area contributed by atoms with Crippen LogP contribution in [0.15, 0.2) is 42.5 Å². The molecule has 3 aromatic rings. The van der Waals surface area contributed by atoms with E-state index < -0.39 is 0 Å². The molecule has 2 heteroatoms. The zero-order valence-corrected chi connectivity index (χ0v) is 8.34. The molecule has 2 radical (unpaired) electrons. The lowest BCUT2D eigenvalue weighted by atomic mass is 9.95. The first-order valence-electron chi connectivity index (χ1n) is 4.51. The van der Waals surface area contributed by atoms with Crippen molar-refractivity contribution in [2.75, 3.05) is 0 Å². The van der Waals surface area contributed by atoms with E-state index in [1.54, 1.807) is 0 Å². The largest absolute Gasteiger partial charge is 0.135 e. The maximum absolute atomic E-state index is 5.78. The third-order valence-corrected chi connectivity index (χ3v) is 3.55. The van der Waals surface area contributed by atoms with Crippen molar-refractivity contribution in [3.8, 4) is 0 Å². The molecule has 0 aliphatic heterocycles. The maximum Gasteiger partial charge on any atom is 0.113 e. The molecule has 0 amide bonds. The highest BCUT2D eigenvalue weighted by atomic mass is 32.1. The molecule has 0 bridgehead atoms. The van der Waals surface area contributed by atoms with Crippen molar-refractivity contribution in [3.05, 3.63) is 42.5 Å². The Hall–Kier alpha value is -1.28. The molecule has 0 saturated heterocycles. The summed E-state index contributed by atoms with van der Waals surface area (Å²) in [5, 5.41) is 2.57. The zero-order valence-electron chi connectivity index (χ0n) is 7.53. The van der Waals surface area contributed by atoms with E-state index in [1.165, 1.54) is 20.2 Å². The van der Waals surface area contributed by atoms with Gasteiger partial charge in [-0.3, -0.25) is 0 Å². The van der Waals surface area contributed by atoms with Crippen LogP contribution in [0.3, 0.4) is 0 Å². The minimum Gasteiger partial charge on any atom is -0.135 e. The fraction of sp³-hybridized carbons (Fsp3) is 0. The predicted octanol–water partition coefficient (Wildman–Crippen LogP) is 2.85. The van der Waals surface area contributed by atoms with E-state index in [-0.39, 0.29) is 0 Å². The normalized spacial score (nSPS) is 11.1. The summed E-state index contributed by atoms with van der Waals surface area (Å²) < 4.78 is 2.63. The molecule has 0 saturated carbocycles. The lowest BCUT2D eigenvalue weighted by molar-refractivity contribution is 1.86. The molecule has 0 aliphatic carbocycles. The Morgan fingerprint density at radius 1 is 0.857 bits per heavy atom. The molecule has 1 aromatic heterocycles. The molecule has 3 rings (SSSR count). The van der Waals surface area contributed by atoms with Crippen LogP contribution in [0.25, 0.3) is 20.2 Å². The summed E-state index contributed by atoms with van der Waals surface area (Å²) in [6, 6.07) is 14.5. The van der Waals surface area contributed by atoms with Crippen molar-refractivity contribution >= 4 is 44.8 Å². The smallest absolute Gasteiger partial charge is 0.113 e. The number of fused-ring (bicyclic) bond motifs is 3. The molecular formula is C12H7BS. The Morgan fingerprint density at radius 3 is 2.57 bits per heavy atom. The van der Waals surface area contributed by atoms with Gasteiger partial charge in [0.15, 0.2) is 0 Å². The fourth-order valence-electron chi connectivity index (χ4n) is 1.74. The summed E-state index contributed by atoms with van der Waals surface area (Å²) in [6.07, 6.45) is 0. The number of hydrogen-bond acceptors (Lipinski definition) is 1. The Labute approximate surface area is 87.6 Å². The molecule has 0 aliphatic rings. The Kier molecular flexibility index (Phi) is 1.65. The fourth-order valence-corrected chi connectivity index (χ4v) is 2.83. The first-order chi connectivity index (χ1) is 6.84. The molecule has 0 unspecified atom stereocenters. The lowest BCUT2D eigenvalue weighted by Gasteiger charge is -1.93. The number of rotatable bonds is 0. The molecule has 1 heterocycles. The van der Waals surface area contributed by atoms with Gasteiger partial charge < -0.3 is 0 Å². The highest BCUT2D eigenvalue weighted by Gasteiger charge is 2.02. The van der Waals surface area contributed by atoms with Gasteiger partial charge in [-0.05, 0) is 17.5 Å². The average molecular weight is 194 g/mol. The molecule has 0 fully saturated rings. The van der Waals surface area contributed by atoms with Crippen molar-refractivity contribution < 1.29 is 0 Å². The summed E-state index contributed by atoms with van der Waals surface area (Å²) in [4.78, 5) is 0. The predicted molar refractivity (Wildman–Crippen MR) is 64.7 cm³/mol. The summed E-state index contributed by atoms with van der Waals surface area (Å²) in [7, 11) is 5.78. The standard InChI is InChI=1S/C12H7BS/c13-8-5-6-12-10(7-8)9-3-1-2-4-11(9)14-12/h1-7H. The minimum atomic E-state index is 0.834. The second-order valence-corrected chi connectivity index (χ2v) is 4.44. The molecule has 0 nitrogen and oxygen atoms in total. The maximum atomic E-state index is 5.78. The van der Waals surface area contributed by atoms with Crippen molar-refractivity contribution in [1.29, 1.82) is 0 Å². The van der Waals surface area contributed by atoms with E-state index in [0.717, 1.165) is 5.46 Å². The van der Waals surface area contributed by atoms with Crippen LogP contribution in [0.2, 0.25) is 0 Å². The van der Waals surface area contributed by atoms with Crippen LogP contribution in [-0.2, 0) is 0 Å². The van der Waals surface area contributed by atoms with E-state index >= 15 is 0 Å². The average Bonchev–Trinajstić information content (AvgIpc) is 2.56. The SMILES string of the molecule is [B]c1ccc2sc3ccccc3c2c1. The lowest BCUT2D eigenvalue weighted by Crippen LogP contribution is -1.98. The van der Waals surface area contributed by atoms with Gasteiger partial charge >= 0.3 is 0 Å². The minimum absolute atomic E-state index is 0.834. The van der Waals surface area contributed by atoms with E-state index in [0.29, 0.717) is 0 Å². The van der Waals surface area contributed by atoms with Crippen LogP contribution in [0.1, 0.15) is 0 Å².